The number of carbonyl (C=O) groups excluding carboxylic acids is 2. The third kappa shape index (κ3) is 4.47. The average Bonchev–Trinajstić information content (AvgIpc) is 2.82. The molecule has 1 aromatic heterocycles. The first-order valence-corrected chi connectivity index (χ1v) is 6.68. The molecule has 0 aliphatic rings. The molecule has 1 amide bonds. The van der Waals surface area contributed by atoms with E-state index in [2.05, 4.69) is 5.32 Å². The Hall–Kier alpha value is -1.71. The van der Waals surface area contributed by atoms with Gasteiger partial charge in [-0.1, -0.05) is 0 Å². The highest BCUT2D eigenvalue weighted by atomic mass is 32.1. The number of nitriles is 1. The van der Waals surface area contributed by atoms with Crippen molar-refractivity contribution in [2.45, 2.75) is 13.3 Å². The predicted molar refractivity (Wildman–Crippen MR) is 72.0 cm³/mol. The van der Waals surface area contributed by atoms with Crippen LogP contribution in [0.25, 0.3) is 0 Å². The zero-order chi connectivity index (χ0) is 14.3. The summed E-state index contributed by atoms with van der Waals surface area (Å²) in [5.74, 6) is -2.26. The van der Waals surface area contributed by atoms with Crippen LogP contribution in [0.2, 0.25) is 0 Å². The number of methoxy groups -OCH3 is 1. The molecule has 5 nitrogen and oxygen atoms in total. The van der Waals surface area contributed by atoms with Gasteiger partial charge in [0.1, 0.15) is 0 Å². The van der Waals surface area contributed by atoms with E-state index in [0.29, 0.717) is 24.4 Å². The van der Waals surface area contributed by atoms with E-state index in [0.717, 1.165) is 4.88 Å². The van der Waals surface area contributed by atoms with Gasteiger partial charge < -0.3 is 10.1 Å². The van der Waals surface area contributed by atoms with Crippen molar-refractivity contribution in [2.75, 3.05) is 20.3 Å². The van der Waals surface area contributed by atoms with Gasteiger partial charge >= 0.3 is 0 Å². The van der Waals surface area contributed by atoms with E-state index < -0.39 is 17.6 Å². The number of ketones is 1. The van der Waals surface area contributed by atoms with Crippen LogP contribution in [0, 0.1) is 24.2 Å². The van der Waals surface area contributed by atoms with Crippen LogP contribution in [0.3, 0.4) is 0 Å². The number of hydrogen-bond acceptors (Lipinski definition) is 5. The maximum atomic E-state index is 12.0. The molecule has 0 saturated heterocycles. The molecular weight excluding hydrogens is 264 g/mol. The lowest BCUT2D eigenvalue weighted by molar-refractivity contribution is -0.122. The van der Waals surface area contributed by atoms with Gasteiger partial charge in [0.2, 0.25) is 5.91 Å². The number of Topliss-reactive ketones (excluding diaryl/α,β-unsaturated/α-hetero) is 1. The summed E-state index contributed by atoms with van der Waals surface area (Å²) in [7, 11) is 1.57. The fourth-order valence-corrected chi connectivity index (χ4v) is 2.31. The fourth-order valence-electron chi connectivity index (χ4n) is 1.48. The molecule has 1 unspecified atom stereocenters. The topological polar surface area (TPSA) is 79.2 Å². The molecule has 0 spiro atoms. The van der Waals surface area contributed by atoms with Gasteiger partial charge in [0, 0.05) is 25.1 Å². The van der Waals surface area contributed by atoms with Crippen molar-refractivity contribution < 1.29 is 14.3 Å². The van der Waals surface area contributed by atoms with Crippen molar-refractivity contribution in [3.63, 3.8) is 0 Å². The van der Waals surface area contributed by atoms with Crippen LogP contribution in [-0.2, 0) is 9.53 Å². The molecule has 6 heteroatoms. The van der Waals surface area contributed by atoms with Crippen molar-refractivity contribution >= 4 is 23.0 Å². The molecule has 0 fully saturated rings. The van der Waals surface area contributed by atoms with Gasteiger partial charge in [0.25, 0.3) is 0 Å². The Bertz CT molecular complexity index is 490. The Morgan fingerprint density at radius 3 is 2.79 bits per heavy atom. The fraction of sp³-hybridized carbons (Fsp3) is 0.462. The van der Waals surface area contributed by atoms with Crippen LogP contribution < -0.4 is 5.32 Å². The van der Waals surface area contributed by atoms with Gasteiger partial charge in [0.05, 0.1) is 10.9 Å². The van der Waals surface area contributed by atoms with Gasteiger partial charge in [0.15, 0.2) is 11.7 Å². The van der Waals surface area contributed by atoms with Crippen LogP contribution in [-0.4, -0.2) is 32.0 Å². The van der Waals surface area contributed by atoms with E-state index in [4.69, 9.17) is 10.00 Å². The van der Waals surface area contributed by atoms with E-state index in [1.54, 1.807) is 25.3 Å². The number of aryl methyl sites for hydroxylation is 1. The number of hydrogen-bond donors (Lipinski definition) is 1. The minimum Gasteiger partial charge on any atom is -0.385 e. The van der Waals surface area contributed by atoms with E-state index in [9.17, 15) is 9.59 Å². The van der Waals surface area contributed by atoms with Crippen molar-refractivity contribution in [1.29, 1.82) is 5.26 Å². The molecule has 1 aromatic rings. The molecule has 0 saturated carbocycles. The average molecular weight is 280 g/mol. The van der Waals surface area contributed by atoms with E-state index in [1.165, 1.54) is 11.3 Å². The minimum atomic E-state index is -1.28. The summed E-state index contributed by atoms with van der Waals surface area (Å²) < 4.78 is 4.85. The normalized spacial score (nSPS) is 11.6. The number of amides is 1. The van der Waals surface area contributed by atoms with Crippen LogP contribution in [0.15, 0.2) is 12.1 Å². The molecule has 0 bridgehead atoms. The highest BCUT2D eigenvalue weighted by molar-refractivity contribution is 7.14. The third-order valence-corrected chi connectivity index (χ3v) is 3.48. The minimum absolute atomic E-state index is 0.390. The first kappa shape index (κ1) is 15.3. The van der Waals surface area contributed by atoms with Crippen molar-refractivity contribution in [2.24, 2.45) is 5.92 Å². The van der Waals surface area contributed by atoms with E-state index in [1.807, 2.05) is 6.92 Å². The zero-order valence-corrected chi connectivity index (χ0v) is 11.8. The van der Waals surface area contributed by atoms with Gasteiger partial charge in [-0.15, -0.1) is 11.3 Å². The van der Waals surface area contributed by atoms with Gasteiger partial charge in [-0.05, 0) is 25.5 Å². The molecule has 1 N–H and O–H groups in total. The maximum absolute atomic E-state index is 12.0. The number of thiophene rings is 1. The second-order valence-electron chi connectivity index (χ2n) is 3.97. The molecule has 0 aromatic carbocycles. The maximum Gasteiger partial charge on any atom is 0.245 e. The summed E-state index contributed by atoms with van der Waals surface area (Å²) in [5, 5.41) is 11.6. The summed E-state index contributed by atoms with van der Waals surface area (Å²) in [4.78, 5) is 25.2. The van der Waals surface area contributed by atoms with Crippen LogP contribution in [0.5, 0.6) is 0 Å². The highest BCUT2D eigenvalue weighted by Gasteiger charge is 2.28. The standard InChI is InChI=1S/C13H16N2O3S/c1-9-4-5-11(19-9)12(16)10(8-14)13(17)15-6-3-7-18-2/h4-5,10H,3,6-7H2,1-2H3,(H,15,17). The predicted octanol–water partition coefficient (Wildman–Crippen LogP) is 1.53. The monoisotopic (exact) mass is 280 g/mol. The second kappa shape index (κ2) is 7.67. The first-order valence-electron chi connectivity index (χ1n) is 5.87. The molecule has 0 aliphatic heterocycles. The molecule has 19 heavy (non-hydrogen) atoms. The Labute approximate surface area is 116 Å². The van der Waals surface area contributed by atoms with Gasteiger partial charge in [-0.3, -0.25) is 9.59 Å². The molecule has 0 radical (unpaired) electrons. The van der Waals surface area contributed by atoms with Crippen LogP contribution in [0.1, 0.15) is 21.0 Å². The molecule has 0 aliphatic carbocycles. The van der Waals surface area contributed by atoms with Gasteiger partial charge in [-0.2, -0.15) is 5.26 Å². The lowest BCUT2D eigenvalue weighted by Crippen LogP contribution is -2.35. The molecule has 1 rings (SSSR count). The summed E-state index contributed by atoms with van der Waals surface area (Å²) in [6, 6.07) is 5.20. The molecule has 1 atom stereocenters. The van der Waals surface area contributed by atoms with Crippen molar-refractivity contribution in [1.82, 2.24) is 5.32 Å². The SMILES string of the molecule is COCCCNC(=O)C(C#N)C(=O)c1ccc(C)s1. The lowest BCUT2D eigenvalue weighted by atomic mass is 10.0. The molecule has 1 heterocycles. The number of nitrogens with zero attached hydrogens (tertiary/aromatic N) is 1. The Kier molecular flexibility index (Phi) is 6.19. The van der Waals surface area contributed by atoms with Crippen molar-refractivity contribution in [3.8, 4) is 6.07 Å². The second-order valence-corrected chi connectivity index (χ2v) is 5.26. The number of nitrogens with one attached hydrogen (secondary N) is 1. The number of ether oxygens (including phenoxy) is 1. The summed E-state index contributed by atoms with van der Waals surface area (Å²) in [6.07, 6.45) is 0.646. The van der Waals surface area contributed by atoms with E-state index >= 15 is 0 Å². The highest BCUT2D eigenvalue weighted by Crippen LogP contribution is 2.19. The molecule has 102 valence electrons. The summed E-state index contributed by atoms with van der Waals surface area (Å²) >= 11 is 1.29. The Morgan fingerprint density at radius 2 is 2.26 bits per heavy atom. The van der Waals surface area contributed by atoms with Crippen molar-refractivity contribution in [3.05, 3.63) is 21.9 Å². The quantitative estimate of drug-likeness (QED) is 0.466. The third-order valence-electron chi connectivity index (χ3n) is 2.46. The number of rotatable bonds is 7. The Morgan fingerprint density at radius 1 is 1.53 bits per heavy atom. The Balaban J connectivity index is 2.60. The first-order chi connectivity index (χ1) is 9.10. The largest absolute Gasteiger partial charge is 0.385 e. The summed E-state index contributed by atoms with van der Waals surface area (Å²) in [5.41, 5.74) is 0. The lowest BCUT2D eigenvalue weighted by Gasteiger charge is -2.08. The van der Waals surface area contributed by atoms with Gasteiger partial charge in [-0.25, -0.2) is 0 Å². The van der Waals surface area contributed by atoms with E-state index in [-0.39, 0.29) is 0 Å². The number of carbonyl (C=O) groups is 2. The van der Waals surface area contributed by atoms with Crippen LogP contribution in [0.4, 0.5) is 0 Å². The smallest absolute Gasteiger partial charge is 0.245 e. The van der Waals surface area contributed by atoms with Crippen LogP contribution >= 0.6 is 11.3 Å². The summed E-state index contributed by atoms with van der Waals surface area (Å²) in [6.45, 7) is 2.78. The zero-order valence-electron chi connectivity index (χ0n) is 10.9. The molecular formula is C13H16N2O3S.